The molecule has 1 aromatic rings. The number of rotatable bonds is 6. The fraction of sp³-hybridized carbons (Fsp3) is 0.474. The van der Waals surface area contributed by atoms with Gasteiger partial charge in [-0.25, -0.2) is 0 Å². The molecule has 2 rings (SSSR count). The minimum atomic E-state index is -0.545. The van der Waals surface area contributed by atoms with E-state index in [9.17, 15) is 14.7 Å². The van der Waals surface area contributed by atoms with E-state index in [2.05, 4.69) is 5.32 Å². The summed E-state index contributed by atoms with van der Waals surface area (Å²) < 4.78 is 0. The van der Waals surface area contributed by atoms with Gasteiger partial charge in [0.1, 0.15) is 0 Å². The van der Waals surface area contributed by atoms with E-state index in [0.717, 1.165) is 11.1 Å². The van der Waals surface area contributed by atoms with E-state index in [4.69, 9.17) is 0 Å². The van der Waals surface area contributed by atoms with Gasteiger partial charge in [-0.15, -0.1) is 0 Å². The van der Waals surface area contributed by atoms with Crippen LogP contribution in [0.2, 0.25) is 0 Å². The van der Waals surface area contributed by atoms with Gasteiger partial charge in [0.2, 0.25) is 11.8 Å². The third-order valence-electron chi connectivity index (χ3n) is 4.13. The molecule has 0 bridgehead atoms. The van der Waals surface area contributed by atoms with Crippen molar-refractivity contribution in [2.45, 2.75) is 45.8 Å². The molecule has 0 saturated carbocycles. The smallest absolute Gasteiger partial charge is 0.223 e. The van der Waals surface area contributed by atoms with Gasteiger partial charge in [-0.2, -0.15) is 0 Å². The number of benzene rings is 1. The Labute approximate surface area is 143 Å². The van der Waals surface area contributed by atoms with Crippen molar-refractivity contribution in [2.75, 3.05) is 6.54 Å². The number of carbonyl (C=O) groups is 2. The maximum Gasteiger partial charge on any atom is 0.223 e. The van der Waals surface area contributed by atoms with E-state index in [1.54, 1.807) is 11.1 Å². The molecule has 0 fully saturated rings. The molecule has 1 heterocycles. The second-order valence-corrected chi connectivity index (χ2v) is 6.68. The third-order valence-corrected chi connectivity index (χ3v) is 4.13. The lowest BCUT2D eigenvalue weighted by Crippen LogP contribution is -2.37. The van der Waals surface area contributed by atoms with Crippen LogP contribution in [0.1, 0.15) is 50.8 Å². The monoisotopic (exact) mass is 330 g/mol. The Hall–Kier alpha value is -2.14. The van der Waals surface area contributed by atoms with Crippen LogP contribution < -0.4 is 5.32 Å². The minimum absolute atomic E-state index is 0.0987. The van der Waals surface area contributed by atoms with E-state index in [1.807, 2.05) is 44.2 Å². The van der Waals surface area contributed by atoms with Crippen molar-refractivity contribution in [1.29, 1.82) is 0 Å². The first-order chi connectivity index (χ1) is 11.4. The van der Waals surface area contributed by atoms with Crippen LogP contribution in [0.3, 0.4) is 0 Å². The number of nitrogens with zero attached hydrogens (tertiary/aromatic N) is 1. The van der Waals surface area contributed by atoms with Gasteiger partial charge in [-0.05, 0) is 29.5 Å². The van der Waals surface area contributed by atoms with Crippen LogP contribution in [0.4, 0.5) is 0 Å². The summed E-state index contributed by atoms with van der Waals surface area (Å²) in [5.74, 6) is 0.109. The molecule has 2 unspecified atom stereocenters. The standard InChI is InChI=1S/C19H26N2O3/c1-13(2)10-16(23)12-20-19(24)11-18-17-7-5-4-6-15(17)8-9-21(18)14(3)22/h4-9,13,16,18,23H,10-12H2,1-3H3,(H,20,24). The normalized spacial score (nSPS) is 17.5. The number of hydrogen-bond acceptors (Lipinski definition) is 3. The van der Waals surface area contributed by atoms with Crippen LogP contribution in [0.5, 0.6) is 0 Å². The molecule has 2 N–H and O–H groups in total. The van der Waals surface area contributed by atoms with Crippen LogP contribution in [-0.4, -0.2) is 34.5 Å². The van der Waals surface area contributed by atoms with E-state index < -0.39 is 6.10 Å². The van der Waals surface area contributed by atoms with Crippen LogP contribution in [0, 0.1) is 5.92 Å². The van der Waals surface area contributed by atoms with E-state index in [0.29, 0.717) is 12.3 Å². The van der Waals surface area contributed by atoms with Crippen molar-refractivity contribution in [2.24, 2.45) is 5.92 Å². The van der Waals surface area contributed by atoms with Gasteiger partial charge in [0, 0.05) is 19.7 Å². The third kappa shape index (κ3) is 4.68. The van der Waals surface area contributed by atoms with Crippen LogP contribution in [-0.2, 0) is 9.59 Å². The summed E-state index contributed by atoms with van der Waals surface area (Å²) in [5, 5.41) is 12.7. The first-order valence-corrected chi connectivity index (χ1v) is 8.39. The average Bonchev–Trinajstić information content (AvgIpc) is 2.52. The zero-order valence-corrected chi connectivity index (χ0v) is 14.5. The second kappa shape index (κ2) is 8.11. The highest BCUT2D eigenvalue weighted by Gasteiger charge is 2.28. The van der Waals surface area contributed by atoms with Gasteiger partial charge < -0.3 is 15.3 Å². The Kier molecular flexibility index (Phi) is 6.15. The highest BCUT2D eigenvalue weighted by Crippen LogP contribution is 2.32. The molecule has 24 heavy (non-hydrogen) atoms. The Morgan fingerprint density at radius 2 is 2.00 bits per heavy atom. The summed E-state index contributed by atoms with van der Waals surface area (Å²) >= 11 is 0. The van der Waals surface area contributed by atoms with Gasteiger partial charge >= 0.3 is 0 Å². The minimum Gasteiger partial charge on any atom is -0.391 e. The van der Waals surface area contributed by atoms with Gasteiger partial charge in [0.15, 0.2) is 0 Å². The first kappa shape index (κ1) is 18.2. The number of nitrogens with one attached hydrogen (secondary N) is 1. The molecular formula is C19H26N2O3. The lowest BCUT2D eigenvalue weighted by atomic mass is 9.93. The van der Waals surface area contributed by atoms with Gasteiger partial charge in [0.05, 0.1) is 18.6 Å². The SMILES string of the molecule is CC(=O)N1C=Cc2ccccc2C1CC(=O)NCC(O)CC(C)C. The molecule has 0 radical (unpaired) electrons. The fourth-order valence-corrected chi connectivity index (χ4v) is 3.02. The summed E-state index contributed by atoms with van der Waals surface area (Å²) in [6.07, 6.45) is 3.90. The molecule has 0 aliphatic carbocycles. The van der Waals surface area contributed by atoms with E-state index in [1.165, 1.54) is 6.92 Å². The maximum atomic E-state index is 12.3. The van der Waals surface area contributed by atoms with Gasteiger partial charge in [0.25, 0.3) is 0 Å². The molecule has 2 amide bonds. The summed E-state index contributed by atoms with van der Waals surface area (Å²) in [6.45, 7) is 5.79. The Morgan fingerprint density at radius 3 is 2.67 bits per heavy atom. The van der Waals surface area contributed by atoms with Crippen LogP contribution in [0.15, 0.2) is 30.5 Å². The summed E-state index contributed by atoms with van der Waals surface area (Å²) in [4.78, 5) is 25.8. The summed E-state index contributed by atoms with van der Waals surface area (Å²) in [5.41, 5.74) is 1.99. The lowest BCUT2D eigenvalue weighted by molar-refractivity contribution is -0.130. The summed E-state index contributed by atoms with van der Waals surface area (Å²) in [6, 6.07) is 7.45. The maximum absolute atomic E-state index is 12.3. The lowest BCUT2D eigenvalue weighted by Gasteiger charge is -2.32. The molecule has 130 valence electrons. The highest BCUT2D eigenvalue weighted by molar-refractivity contribution is 5.81. The molecule has 0 saturated heterocycles. The number of amides is 2. The molecule has 0 aromatic heterocycles. The molecular weight excluding hydrogens is 304 g/mol. The molecule has 5 heteroatoms. The van der Waals surface area contributed by atoms with Gasteiger partial charge in [-0.1, -0.05) is 38.1 Å². The van der Waals surface area contributed by atoms with E-state index in [-0.39, 0.29) is 30.8 Å². The molecule has 0 spiro atoms. The number of aliphatic hydroxyl groups is 1. The molecule has 1 aromatic carbocycles. The van der Waals surface area contributed by atoms with Crippen molar-refractivity contribution >= 4 is 17.9 Å². The number of aliphatic hydroxyl groups excluding tert-OH is 1. The van der Waals surface area contributed by atoms with E-state index >= 15 is 0 Å². The predicted octanol–water partition coefficient (Wildman–Crippen LogP) is 2.47. The molecule has 1 aliphatic heterocycles. The fourth-order valence-electron chi connectivity index (χ4n) is 3.02. The summed E-state index contributed by atoms with van der Waals surface area (Å²) in [7, 11) is 0. The molecule has 1 aliphatic rings. The van der Waals surface area contributed by atoms with Crippen molar-refractivity contribution in [3.8, 4) is 0 Å². The van der Waals surface area contributed by atoms with Crippen molar-refractivity contribution in [1.82, 2.24) is 10.2 Å². The topological polar surface area (TPSA) is 69.6 Å². The Balaban J connectivity index is 2.04. The Morgan fingerprint density at radius 1 is 1.29 bits per heavy atom. The quantitative estimate of drug-likeness (QED) is 0.842. The highest BCUT2D eigenvalue weighted by atomic mass is 16.3. The second-order valence-electron chi connectivity index (χ2n) is 6.68. The number of hydrogen-bond donors (Lipinski definition) is 2. The number of fused-ring (bicyclic) bond motifs is 1. The zero-order valence-electron chi connectivity index (χ0n) is 14.5. The van der Waals surface area contributed by atoms with Gasteiger partial charge in [-0.3, -0.25) is 9.59 Å². The van der Waals surface area contributed by atoms with Crippen LogP contribution >= 0.6 is 0 Å². The Bertz CT molecular complexity index is 625. The van der Waals surface area contributed by atoms with Crippen molar-refractivity contribution < 1.29 is 14.7 Å². The molecule has 2 atom stereocenters. The van der Waals surface area contributed by atoms with Crippen molar-refractivity contribution in [3.05, 3.63) is 41.6 Å². The first-order valence-electron chi connectivity index (χ1n) is 8.39. The number of carbonyl (C=O) groups excluding carboxylic acids is 2. The predicted molar refractivity (Wildman–Crippen MR) is 93.8 cm³/mol. The van der Waals surface area contributed by atoms with Crippen LogP contribution in [0.25, 0.3) is 6.08 Å². The average molecular weight is 330 g/mol. The molecule has 5 nitrogen and oxygen atoms in total. The zero-order chi connectivity index (χ0) is 17.7. The van der Waals surface area contributed by atoms with Crippen molar-refractivity contribution in [3.63, 3.8) is 0 Å². The largest absolute Gasteiger partial charge is 0.391 e.